The maximum Gasteiger partial charge on any atom is 0.187 e. The van der Waals surface area contributed by atoms with E-state index in [0.29, 0.717) is 18.7 Å². The van der Waals surface area contributed by atoms with Crippen LogP contribution in [0.3, 0.4) is 0 Å². The fraction of sp³-hybridized carbons (Fsp3) is 0.678. The highest BCUT2D eigenvalue weighted by Crippen LogP contribution is 2.36. The van der Waals surface area contributed by atoms with Gasteiger partial charge in [-0.3, -0.25) is 9.36 Å². The molecular formula is C59H93N19O13. The van der Waals surface area contributed by atoms with Crippen LogP contribution in [0, 0.1) is 0 Å². The van der Waals surface area contributed by atoms with E-state index in [-0.39, 0.29) is 33.5 Å². The Morgan fingerprint density at radius 3 is 1.74 bits per heavy atom. The van der Waals surface area contributed by atoms with Crippen molar-refractivity contribution < 1.29 is 63.8 Å². The number of aliphatic hydroxyl groups is 6. The number of aliphatic hydroxyl groups excluding tert-OH is 6. The van der Waals surface area contributed by atoms with E-state index in [2.05, 4.69) is 71.0 Å². The highest BCUT2D eigenvalue weighted by atomic mass is 16.8. The predicted molar refractivity (Wildman–Crippen MR) is 329 cm³/mol. The first kappa shape index (κ1) is 68.0. The second kappa shape index (κ2) is 30.9. The zero-order valence-electron chi connectivity index (χ0n) is 50.5. The number of likely N-dealkylation sites (N-methyl/N-ethyl adjacent to an activating group) is 1. The van der Waals surface area contributed by atoms with Crippen LogP contribution in [0.25, 0.3) is 22.4 Å². The van der Waals surface area contributed by atoms with Gasteiger partial charge in [-0.25, -0.2) is 9.67 Å². The van der Waals surface area contributed by atoms with Crippen LogP contribution in [0.5, 0.6) is 5.75 Å². The third-order valence-corrected chi connectivity index (χ3v) is 17.8. The number of H-pyrrole nitrogens is 1. The first-order valence-electron chi connectivity index (χ1n) is 31.3. The summed E-state index contributed by atoms with van der Waals surface area (Å²) in [5.41, 5.74) is 43.5. The van der Waals surface area contributed by atoms with Crippen molar-refractivity contribution in [3.63, 3.8) is 0 Å². The van der Waals surface area contributed by atoms with Crippen molar-refractivity contribution in [2.45, 2.75) is 208 Å². The summed E-state index contributed by atoms with van der Waals surface area (Å²) in [6, 6.07) is 10.0. The fourth-order valence-electron chi connectivity index (χ4n) is 12.3. The molecule has 502 valence electrons. The SMILES string of the molecule is C.CN1CCN(c2ccc3nc(-c4ccc(OCc5cn(CCCCCCn6cc(CCCCc7cn(C[C@H]8OC(O[C@@H]9C(O)[C@H](N)CC(N)[C@H]9O[C@H]9OC(CN)[C@@H](O)[C@H](O)C9N)[C@@H](O)[C@H]8O[C@H]8O[C@@H](CN)[C@@H](O)C(O)C8N)nn7)nn6)nn5)cc4)[nH]c3c2)CC1. The number of aryl methyl sites for hydroxylation is 4. The summed E-state index contributed by atoms with van der Waals surface area (Å²) in [5.74, 6) is 1.56. The number of imidazole rings is 1. The molecule has 8 heterocycles. The summed E-state index contributed by atoms with van der Waals surface area (Å²) < 4.78 is 48.2. The number of piperazine rings is 1. The molecule has 19 atom stereocenters. The summed E-state index contributed by atoms with van der Waals surface area (Å²) in [5, 5.41) is 92.1. The predicted octanol–water partition coefficient (Wildman–Crippen LogP) is -3.08. The van der Waals surface area contributed by atoms with Gasteiger partial charge in [-0.2, -0.15) is 0 Å². The number of ether oxygens (including phenoxy) is 7. The van der Waals surface area contributed by atoms with E-state index in [1.165, 1.54) is 10.4 Å². The molecule has 19 N–H and O–H groups in total. The van der Waals surface area contributed by atoms with Gasteiger partial charge in [-0.05, 0) is 94.5 Å². The van der Waals surface area contributed by atoms with Crippen LogP contribution in [0.15, 0.2) is 61.1 Å². The zero-order chi connectivity index (χ0) is 63.2. The maximum absolute atomic E-state index is 12.0. The van der Waals surface area contributed by atoms with E-state index in [9.17, 15) is 30.6 Å². The molecule has 1 aliphatic carbocycles. The molecule has 7 unspecified atom stereocenters. The van der Waals surface area contributed by atoms with Crippen molar-refractivity contribution in [1.82, 2.24) is 59.8 Å². The maximum atomic E-state index is 12.0. The van der Waals surface area contributed by atoms with Crippen LogP contribution >= 0.6 is 0 Å². The number of fused-ring (bicyclic) bond motifs is 1. The first-order valence-corrected chi connectivity index (χ1v) is 31.3. The highest BCUT2D eigenvalue weighted by molar-refractivity contribution is 5.83. The Bertz CT molecular complexity index is 3180. The van der Waals surface area contributed by atoms with Crippen molar-refractivity contribution in [3.8, 4) is 17.1 Å². The number of nitrogens with one attached hydrogen (secondary N) is 1. The first-order chi connectivity index (χ1) is 43.5. The number of anilines is 1. The summed E-state index contributed by atoms with van der Waals surface area (Å²) in [6.45, 7) is 5.59. The van der Waals surface area contributed by atoms with E-state index >= 15 is 0 Å². The van der Waals surface area contributed by atoms with Crippen LogP contribution < -0.4 is 44.0 Å². The number of unbranched alkanes of at least 4 members (excludes halogenated alkanes) is 4. The van der Waals surface area contributed by atoms with Crippen LogP contribution in [-0.4, -0.2) is 253 Å². The van der Waals surface area contributed by atoms with Crippen molar-refractivity contribution in [2.75, 3.05) is 51.2 Å². The number of rotatable bonds is 27. The molecule has 2 aromatic carbocycles. The number of nitrogens with two attached hydrogens (primary N) is 6. The second-order valence-electron chi connectivity index (χ2n) is 24.5. The van der Waals surface area contributed by atoms with E-state index in [1.807, 2.05) is 46.0 Å². The number of aromatic nitrogens is 11. The lowest BCUT2D eigenvalue weighted by Crippen LogP contribution is -2.68. The molecule has 4 aromatic heterocycles. The Kier molecular flexibility index (Phi) is 23.1. The largest absolute Gasteiger partial charge is 0.487 e. The normalized spacial score (nSPS) is 32.4. The molecule has 32 heteroatoms. The minimum Gasteiger partial charge on any atom is -0.487 e. The average Bonchev–Trinajstić information content (AvgIpc) is 1.90. The standard InChI is InChI=1S/C58H89N19O13.CH4/c1-73-18-20-74(21-19-73)35-12-15-39-40(22-35)66-55(65-39)31-10-13-36(14-11-31)84-30-34-28-76(71-69-34)17-7-3-2-6-16-75-26-32(67-70-75)8-4-5-9-33-27-77(72-68-33)29-43-53(89-57-45(64)50(82)48(80)42(25-60)86-57)51(83)58(87-43)90-54-46(78)37(61)23-38(62)52(54)88-56-44(63)49(81)47(79)41(24-59)85-56;/h10-15,22,26-28,37-38,41-54,56-58,78-83H,2-9,16-21,23-25,29-30,59-64H2,1H3,(H,65,66);1H4/t37-,38?,41?,42+,43-,44?,45?,46?,47-,48-,49-,50?,51+,52-,53+,54-,56-,57-,58?;/m1./s1. The van der Waals surface area contributed by atoms with Crippen LogP contribution in [0.1, 0.15) is 69.5 Å². The van der Waals surface area contributed by atoms with Gasteiger partial charge >= 0.3 is 0 Å². The van der Waals surface area contributed by atoms with Crippen LogP contribution in [-0.2, 0) is 67.5 Å². The van der Waals surface area contributed by atoms with Crippen molar-refractivity contribution in [3.05, 3.63) is 78.1 Å². The van der Waals surface area contributed by atoms with Crippen molar-refractivity contribution in [1.29, 1.82) is 0 Å². The van der Waals surface area contributed by atoms with Gasteiger partial charge in [0.15, 0.2) is 18.9 Å². The molecule has 4 saturated heterocycles. The number of aromatic amines is 1. The number of benzene rings is 2. The Morgan fingerprint density at radius 1 is 0.571 bits per heavy atom. The third kappa shape index (κ3) is 16.2. The van der Waals surface area contributed by atoms with Gasteiger partial charge in [0.05, 0.1) is 53.4 Å². The molecule has 0 bridgehead atoms. The molecule has 32 nitrogen and oxygen atoms in total. The van der Waals surface area contributed by atoms with Gasteiger partial charge < -0.3 is 113 Å². The molecule has 0 spiro atoms. The molecule has 5 aliphatic rings. The molecule has 91 heavy (non-hydrogen) atoms. The van der Waals surface area contributed by atoms with E-state index in [1.54, 1.807) is 6.20 Å². The molecule has 0 radical (unpaired) electrons. The van der Waals surface area contributed by atoms with E-state index in [4.69, 9.17) is 72.5 Å². The van der Waals surface area contributed by atoms with Crippen molar-refractivity contribution >= 4 is 16.7 Å². The molecule has 1 saturated carbocycles. The second-order valence-corrected chi connectivity index (χ2v) is 24.5. The van der Waals surface area contributed by atoms with Gasteiger partial charge in [0, 0.05) is 88.1 Å². The lowest BCUT2D eigenvalue weighted by molar-refractivity contribution is -0.306. The minimum atomic E-state index is -1.62. The van der Waals surface area contributed by atoms with Gasteiger partial charge in [0.2, 0.25) is 0 Å². The number of nitrogens with zero attached hydrogens (tertiary/aromatic N) is 12. The molecule has 11 rings (SSSR count). The van der Waals surface area contributed by atoms with Crippen LogP contribution in [0.2, 0.25) is 0 Å². The average molecular weight is 1280 g/mol. The highest BCUT2D eigenvalue weighted by Gasteiger charge is 2.55. The van der Waals surface area contributed by atoms with Crippen LogP contribution in [0.4, 0.5) is 5.69 Å². The van der Waals surface area contributed by atoms with E-state index < -0.39 is 116 Å². The summed E-state index contributed by atoms with van der Waals surface area (Å²) in [4.78, 5) is 13.1. The van der Waals surface area contributed by atoms with Gasteiger partial charge in [-0.15, -0.1) is 15.3 Å². The molecule has 0 amide bonds. The summed E-state index contributed by atoms with van der Waals surface area (Å²) >= 11 is 0. The smallest absolute Gasteiger partial charge is 0.187 e. The number of hydrogen-bond acceptors (Lipinski definition) is 28. The zero-order valence-corrected chi connectivity index (χ0v) is 50.5. The topological polar surface area (TPSA) is 469 Å². The Morgan fingerprint density at radius 2 is 1.12 bits per heavy atom. The van der Waals surface area contributed by atoms with Crippen molar-refractivity contribution in [2.24, 2.45) is 34.4 Å². The quantitative estimate of drug-likeness (QED) is 0.0228. The Balaban J connectivity index is 0.00000909. The summed E-state index contributed by atoms with van der Waals surface area (Å²) in [7, 11) is 2.16. The fourth-order valence-corrected chi connectivity index (χ4v) is 12.3. The third-order valence-electron chi connectivity index (χ3n) is 17.8. The lowest BCUT2D eigenvalue weighted by atomic mass is 9.84. The monoisotopic (exact) mass is 1280 g/mol. The molecule has 6 aromatic rings. The number of hydrogen-bond donors (Lipinski definition) is 13. The Labute approximate surface area is 527 Å². The molecule has 4 aliphatic heterocycles. The van der Waals surface area contributed by atoms with Gasteiger partial charge in [0.25, 0.3) is 0 Å². The van der Waals surface area contributed by atoms with Gasteiger partial charge in [0.1, 0.15) is 91.0 Å². The van der Waals surface area contributed by atoms with Gasteiger partial charge in [-0.1, -0.05) is 35.9 Å². The lowest BCUT2D eigenvalue weighted by Gasteiger charge is -2.47. The Hall–Kier alpha value is -5.83. The molecule has 5 fully saturated rings. The van der Waals surface area contributed by atoms with E-state index in [0.717, 1.165) is 124 Å². The summed E-state index contributed by atoms with van der Waals surface area (Å²) in [6.07, 6.45) is -7.43. The molecular weight excluding hydrogens is 1180 g/mol. The minimum absolute atomic E-state index is 0.